The molecule has 0 bridgehead atoms. The van der Waals surface area contributed by atoms with Crippen molar-refractivity contribution >= 4 is 41.0 Å². The van der Waals surface area contributed by atoms with Crippen molar-refractivity contribution in [1.29, 1.82) is 0 Å². The minimum atomic E-state index is -1.08. The van der Waals surface area contributed by atoms with E-state index in [9.17, 15) is 28.7 Å². The van der Waals surface area contributed by atoms with Gasteiger partial charge in [-0.2, -0.15) is 0 Å². The molecule has 0 spiro atoms. The van der Waals surface area contributed by atoms with Crippen molar-refractivity contribution in [3.63, 3.8) is 0 Å². The first kappa shape index (κ1) is 38.2. The van der Waals surface area contributed by atoms with Gasteiger partial charge in [0.2, 0.25) is 17.6 Å². The molecule has 53 heavy (non-hydrogen) atoms. The van der Waals surface area contributed by atoms with Crippen molar-refractivity contribution in [2.45, 2.75) is 77.2 Å². The minimum absolute atomic E-state index is 0.0307. The summed E-state index contributed by atoms with van der Waals surface area (Å²) in [5.74, 6) is -1.34. The molecule has 3 fully saturated rings. The molecule has 1 N–H and O–H groups in total. The van der Waals surface area contributed by atoms with E-state index in [1.165, 1.54) is 48.0 Å². The van der Waals surface area contributed by atoms with Crippen LogP contribution in [-0.2, 0) is 9.53 Å². The van der Waals surface area contributed by atoms with Crippen LogP contribution in [0.2, 0.25) is 0 Å². The third kappa shape index (κ3) is 8.99. The molecule has 4 atom stereocenters. The van der Waals surface area contributed by atoms with Crippen molar-refractivity contribution in [2.75, 3.05) is 57.3 Å². The van der Waals surface area contributed by atoms with E-state index in [4.69, 9.17) is 4.74 Å². The zero-order valence-corrected chi connectivity index (χ0v) is 31.6. The van der Waals surface area contributed by atoms with Gasteiger partial charge in [-0.25, -0.2) is 28.9 Å². The number of ether oxygens (including phenoxy) is 1. The lowest BCUT2D eigenvalue weighted by atomic mass is 10.0. The minimum Gasteiger partial charge on any atom is -0.478 e. The molecule has 0 saturated carbocycles. The fourth-order valence-corrected chi connectivity index (χ4v) is 8.19. The molecule has 284 valence electrons. The number of ketones is 1. The Morgan fingerprint density at radius 1 is 0.925 bits per heavy atom. The first-order chi connectivity index (χ1) is 25.2. The number of halogens is 1. The number of anilines is 1. The van der Waals surface area contributed by atoms with E-state index in [1.54, 1.807) is 10.3 Å². The van der Waals surface area contributed by atoms with Gasteiger partial charge in [-0.15, -0.1) is 11.3 Å². The van der Waals surface area contributed by atoms with Crippen LogP contribution in [0.3, 0.4) is 0 Å². The quantitative estimate of drug-likeness (QED) is 0.312. The average molecular weight is 751 g/mol. The molecule has 3 aromatic rings. The van der Waals surface area contributed by atoms with Gasteiger partial charge in [0, 0.05) is 87.3 Å². The van der Waals surface area contributed by atoms with Gasteiger partial charge in [0.15, 0.2) is 0 Å². The lowest BCUT2D eigenvalue weighted by Crippen LogP contribution is -2.65. The molecule has 14 nitrogen and oxygen atoms in total. The number of likely N-dealkylation sites (tertiary alicyclic amines) is 1. The molecule has 2 aromatic heterocycles. The standard InChI is InChI=1S/C37H47FN8O6S/c1-23-17-43(35-39-15-26(16-40-35)34(49)50)14-13-42(23)19-28-20-46(36(51)52-37(3,4)5)24(2)18-44(28)21-31(47)45-12-6-7-30(45)33-41-29(22-53-33)32(48)25-8-10-27(38)11-9-25/h8-11,15-16,22-24,28,30H,6-7,12-14,17-21H2,1-5H3,(H,49,50)/t23?,24-,28+,30?/m1/s1. The maximum atomic E-state index is 14.2. The number of nitrogens with zero attached hydrogens (tertiary/aromatic N) is 8. The van der Waals surface area contributed by atoms with Gasteiger partial charge in [-0.1, -0.05) is 0 Å². The normalized spacial score (nSPS) is 22.9. The average Bonchev–Trinajstić information content (AvgIpc) is 3.80. The Hall–Kier alpha value is -4.54. The molecule has 3 aliphatic rings. The highest BCUT2D eigenvalue weighted by atomic mass is 32.1. The van der Waals surface area contributed by atoms with Crippen LogP contribution in [0, 0.1) is 5.82 Å². The molecule has 5 heterocycles. The van der Waals surface area contributed by atoms with E-state index in [0.29, 0.717) is 62.3 Å². The summed E-state index contributed by atoms with van der Waals surface area (Å²) in [6, 6.07) is 4.86. The van der Waals surface area contributed by atoms with Gasteiger partial charge in [-0.3, -0.25) is 19.4 Å². The number of carbonyl (C=O) groups excluding carboxylic acids is 3. The van der Waals surface area contributed by atoms with Gasteiger partial charge in [0.05, 0.1) is 18.2 Å². The molecule has 16 heteroatoms. The zero-order valence-electron chi connectivity index (χ0n) is 30.8. The van der Waals surface area contributed by atoms with Crippen LogP contribution in [0.1, 0.15) is 84.9 Å². The number of amides is 2. The van der Waals surface area contributed by atoms with Crippen LogP contribution in [0.4, 0.5) is 15.1 Å². The van der Waals surface area contributed by atoms with Crippen molar-refractivity contribution < 1.29 is 33.4 Å². The number of thiazole rings is 1. The summed E-state index contributed by atoms with van der Waals surface area (Å²) >= 11 is 1.36. The molecule has 3 saturated heterocycles. The Kier molecular flexibility index (Phi) is 11.4. The predicted molar refractivity (Wildman–Crippen MR) is 196 cm³/mol. The van der Waals surface area contributed by atoms with Crippen LogP contribution >= 0.6 is 11.3 Å². The molecule has 0 aliphatic carbocycles. The zero-order chi connectivity index (χ0) is 38.0. The molecular formula is C37H47FN8O6S. The lowest BCUT2D eigenvalue weighted by molar-refractivity contribution is -0.135. The van der Waals surface area contributed by atoms with Crippen LogP contribution in [0.25, 0.3) is 0 Å². The number of piperazine rings is 2. The first-order valence-corrected chi connectivity index (χ1v) is 18.9. The number of aromatic nitrogens is 3. The second kappa shape index (κ2) is 15.8. The van der Waals surface area contributed by atoms with E-state index in [1.807, 2.05) is 37.5 Å². The smallest absolute Gasteiger partial charge is 0.410 e. The van der Waals surface area contributed by atoms with Crippen LogP contribution in [0.15, 0.2) is 42.0 Å². The number of benzene rings is 1. The van der Waals surface area contributed by atoms with E-state index in [0.717, 1.165) is 12.8 Å². The van der Waals surface area contributed by atoms with Crippen molar-refractivity contribution in [3.05, 3.63) is 69.7 Å². The number of carbonyl (C=O) groups is 4. The fraction of sp³-hybridized carbons (Fsp3) is 0.541. The molecule has 1 aromatic carbocycles. The van der Waals surface area contributed by atoms with Crippen molar-refractivity contribution in [1.82, 2.24) is 34.6 Å². The summed E-state index contributed by atoms with van der Waals surface area (Å²) in [6.07, 6.45) is 3.80. The van der Waals surface area contributed by atoms with Crippen molar-refractivity contribution in [3.8, 4) is 0 Å². The molecule has 0 radical (unpaired) electrons. The highest BCUT2D eigenvalue weighted by Gasteiger charge is 2.41. The Morgan fingerprint density at radius 3 is 2.30 bits per heavy atom. The molecule has 6 rings (SSSR count). The topological polar surface area (TPSA) is 153 Å². The highest BCUT2D eigenvalue weighted by molar-refractivity contribution is 7.10. The van der Waals surface area contributed by atoms with E-state index in [2.05, 4.69) is 31.7 Å². The highest BCUT2D eigenvalue weighted by Crippen LogP contribution is 2.35. The summed E-state index contributed by atoms with van der Waals surface area (Å²) in [6.45, 7) is 13.8. The Bertz CT molecular complexity index is 1800. The van der Waals surface area contributed by atoms with Crippen LogP contribution < -0.4 is 4.90 Å². The molecule has 2 amide bonds. The first-order valence-electron chi connectivity index (χ1n) is 18.0. The monoisotopic (exact) mass is 750 g/mol. The summed E-state index contributed by atoms with van der Waals surface area (Å²) < 4.78 is 19.2. The van der Waals surface area contributed by atoms with Gasteiger partial charge in [0.25, 0.3) is 0 Å². The van der Waals surface area contributed by atoms with E-state index in [-0.39, 0.29) is 59.8 Å². The molecule has 3 aliphatic heterocycles. The maximum absolute atomic E-state index is 14.2. The van der Waals surface area contributed by atoms with Gasteiger partial charge in [0.1, 0.15) is 22.1 Å². The second-order valence-corrected chi connectivity index (χ2v) is 16.0. The van der Waals surface area contributed by atoms with E-state index < -0.39 is 17.4 Å². The van der Waals surface area contributed by atoms with Gasteiger partial charge in [-0.05, 0) is 71.7 Å². The maximum Gasteiger partial charge on any atom is 0.410 e. The van der Waals surface area contributed by atoms with E-state index >= 15 is 0 Å². The predicted octanol–water partition coefficient (Wildman–Crippen LogP) is 4.19. The van der Waals surface area contributed by atoms with Crippen LogP contribution in [0.5, 0.6) is 0 Å². The number of hydrogen-bond donors (Lipinski definition) is 1. The number of aromatic carboxylic acids is 1. The van der Waals surface area contributed by atoms with Crippen molar-refractivity contribution in [2.24, 2.45) is 0 Å². The number of hydrogen-bond acceptors (Lipinski definition) is 12. The number of carboxylic acid groups (broad SMARTS) is 1. The second-order valence-electron chi connectivity index (χ2n) is 15.1. The largest absolute Gasteiger partial charge is 0.478 e. The summed E-state index contributed by atoms with van der Waals surface area (Å²) in [7, 11) is 0. The Balaban J connectivity index is 1.15. The van der Waals surface area contributed by atoms with Gasteiger partial charge < -0.3 is 24.5 Å². The van der Waals surface area contributed by atoms with Gasteiger partial charge >= 0.3 is 12.1 Å². The number of carboxylic acids is 1. The van der Waals surface area contributed by atoms with Crippen LogP contribution in [-0.4, -0.2) is 139 Å². The third-order valence-electron chi connectivity index (χ3n) is 10.0. The summed E-state index contributed by atoms with van der Waals surface area (Å²) in [4.78, 5) is 75.3. The Morgan fingerprint density at radius 2 is 1.64 bits per heavy atom. The molecular weight excluding hydrogens is 704 g/mol. The molecule has 2 unspecified atom stereocenters. The lowest BCUT2D eigenvalue weighted by Gasteiger charge is -2.48. The fourth-order valence-electron chi connectivity index (χ4n) is 7.25. The third-order valence-corrected chi connectivity index (χ3v) is 11.0. The number of rotatable bonds is 9. The Labute approximate surface area is 312 Å². The summed E-state index contributed by atoms with van der Waals surface area (Å²) in [5.41, 5.74) is 0.0108. The SMILES string of the molecule is CC1CN(c2ncc(C(=O)O)cn2)CCN1C[C@H]1CN(C(=O)OC(C)(C)C)[C@H](C)CN1CC(=O)N1CCCC1c1nc(C(=O)c2ccc(F)cc2)cs1. The summed E-state index contributed by atoms with van der Waals surface area (Å²) in [5, 5.41) is 11.6.